The standard InChI is InChI=1S/C35H36O9.C26H30O6.C20H18O3.C6H15N.C3H3ClO.C2H5ClO.CH2O3.2K/c1-5-32(36)42-23-20-39-29-14-8-26(9-15-29)35(4,27-10-16-30(17-11-27)40-21-24-43-33(37)6-2)28-12-18-31(19-13-28)41-22-25-44-34(38)7-3;1-26(20-2-8-23(9-3-20)30-17-14-27,21-4-10-24(11-5-21)31-18-15-28)22-6-12-25(13-7-22)32-19-16-29;1-20(14-2-8-17(21)9-3-14,15-4-10-18(22)11-5-15)16-6-12-19(23)13-7-16;1-4-7(5-2)6-3;1-2-3(4)5;3-1-2-4;2-1-4-3;;/h5-19H,1-3,20-25H2,4H3;2-13,27-29H,14-19H2,1H3;2-13,21-23H,1H3;4-6H2,1-3H3;2H,1H2;4H,1-2H2;1,3H;;/q;;;;;;;;+1/p-1. The summed E-state index contributed by atoms with van der Waals surface area (Å²) < 4.78 is 48.6. The van der Waals surface area contributed by atoms with Crippen molar-refractivity contribution < 1.29 is 164 Å². The summed E-state index contributed by atoms with van der Waals surface area (Å²) in [6.45, 7) is 31.2. The number of aliphatic hydroxyl groups is 4. The molecule has 0 aliphatic rings. The summed E-state index contributed by atoms with van der Waals surface area (Å²) in [4.78, 5) is 56.8. The number of halogens is 2. The number of benzene rings is 9. The summed E-state index contributed by atoms with van der Waals surface area (Å²) in [5, 5.41) is 71.3. The number of aliphatic hydroxyl groups excluding tert-OH is 4. The van der Waals surface area contributed by atoms with E-state index in [1.54, 1.807) is 36.4 Å². The van der Waals surface area contributed by atoms with Crippen LogP contribution in [0.3, 0.4) is 0 Å². The molecule has 121 heavy (non-hydrogen) atoms. The molecular weight excluding hydrogens is 1650 g/mol. The summed E-state index contributed by atoms with van der Waals surface area (Å²) in [6, 6.07) is 68.0. The van der Waals surface area contributed by atoms with Gasteiger partial charge in [-0.05, 0) is 217 Å². The van der Waals surface area contributed by atoms with Gasteiger partial charge in [0.2, 0.25) is 5.24 Å². The molecule has 0 heterocycles. The van der Waals surface area contributed by atoms with E-state index in [9.17, 15) is 34.5 Å². The smallest absolute Gasteiger partial charge is 0.662 e. The van der Waals surface area contributed by atoms with Crippen molar-refractivity contribution in [3.63, 3.8) is 0 Å². The number of alkyl halides is 1. The number of phenols is 3. The number of allylic oxidation sites excluding steroid dienone is 1. The summed E-state index contributed by atoms with van der Waals surface area (Å²) in [5.41, 5.74) is 7.69. The van der Waals surface area contributed by atoms with Crippen LogP contribution in [0.4, 0.5) is 0 Å². The van der Waals surface area contributed by atoms with Crippen molar-refractivity contribution in [2.75, 3.05) is 111 Å². The third-order valence-electron chi connectivity index (χ3n) is 17.9. The van der Waals surface area contributed by atoms with E-state index in [2.05, 4.69) is 77.6 Å². The first-order chi connectivity index (χ1) is 57.3. The first-order valence-electron chi connectivity index (χ1n) is 37.8. The predicted octanol–water partition coefficient (Wildman–Crippen LogP) is 10.2. The van der Waals surface area contributed by atoms with Crippen LogP contribution in [0, 0.1) is 0 Å². The second-order valence-corrected chi connectivity index (χ2v) is 26.0. The van der Waals surface area contributed by atoms with Gasteiger partial charge in [0.1, 0.15) is 111 Å². The van der Waals surface area contributed by atoms with Crippen LogP contribution in [0.1, 0.15) is 91.6 Å². The average molecular weight is 1760 g/mol. The largest absolute Gasteiger partial charge is 1.00 e. The maximum absolute atomic E-state index is 11.2. The van der Waals surface area contributed by atoms with Gasteiger partial charge in [0.15, 0.2) is 0 Å². The second kappa shape index (κ2) is 63.3. The zero-order valence-electron chi connectivity index (χ0n) is 69.9. The number of carbonyl (C=O) groups excluding carboxylic acids is 5. The molecule has 0 spiro atoms. The van der Waals surface area contributed by atoms with Gasteiger partial charge in [-0.25, -0.2) is 14.4 Å². The minimum Gasteiger partial charge on any atom is -0.662 e. The third kappa shape index (κ3) is 39.1. The van der Waals surface area contributed by atoms with Gasteiger partial charge in [0.25, 0.3) is 6.47 Å². The Morgan fingerprint density at radius 1 is 0.355 bits per heavy atom. The average Bonchev–Trinajstić information content (AvgIpc) is 0.775. The zero-order chi connectivity index (χ0) is 87.9. The van der Waals surface area contributed by atoms with E-state index in [0.717, 1.165) is 74.4 Å². The topological polar surface area (TPSA) is 346 Å². The number of rotatable bonds is 39. The summed E-state index contributed by atoms with van der Waals surface area (Å²) in [5.74, 6) is 3.49. The minimum atomic E-state index is -0.589. The van der Waals surface area contributed by atoms with E-state index in [4.69, 9.17) is 96.3 Å². The molecule has 639 valence electrons. The molecule has 28 heteroatoms. The Balaban J connectivity index is 0.000000831. The number of hydrogen-bond donors (Lipinski definition) is 7. The van der Waals surface area contributed by atoms with Crippen LogP contribution in [0.2, 0.25) is 0 Å². The molecule has 7 N–H and O–H groups in total. The predicted molar refractivity (Wildman–Crippen MR) is 463 cm³/mol. The molecule has 0 atom stereocenters. The van der Waals surface area contributed by atoms with Crippen molar-refractivity contribution in [2.45, 2.75) is 57.8 Å². The van der Waals surface area contributed by atoms with Gasteiger partial charge in [-0.2, -0.15) is 0 Å². The zero-order valence-corrected chi connectivity index (χ0v) is 77.6. The van der Waals surface area contributed by atoms with E-state index in [1.165, 1.54) is 19.6 Å². The molecular formula is C93H108Cl2K2NO23. The van der Waals surface area contributed by atoms with Crippen molar-refractivity contribution in [1.82, 2.24) is 4.90 Å². The molecule has 9 aromatic carbocycles. The normalized spacial score (nSPS) is 10.3. The molecule has 9 rings (SSSR count). The van der Waals surface area contributed by atoms with Gasteiger partial charge in [-0.1, -0.05) is 156 Å². The number of hydrogen-bond acceptors (Lipinski definition) is 24. The first-order valence-corrected chi connectivity index (χ1v) is 38.7. The van der Waals surface area contributed by atoms with Crippen molar-refractivity contribution in [3.05, 3.63) is 319 Å². The van der Waals surface area contributed by atoms with Gasteiger partial charge in [-0.15, -0.1) is 11.6 Å². The monoisotopic (exact) mass is 1750 g/mol. The number of ether oxygens (including phenoxy) is 9. The number of carbonyl (C=O) groups is 5. The quantitative estimate of drug-likeness (QED) is 0.00161. The number of esters is 3. The van der Waals surface area contributed by atoms with Crippen molar-refractivity contribution in [3.8, 4) is 51.7 Å². The number of aromatic hydroxyl groups is 3. The van der Waals surface area contributed by atoms with E-state index in [1.807, 2.05) is 182 Å². The maximum atomic E-state index is 11.2. The van der Waals surface area contributed by atoms with Crippen LogP contribution in [-0.2, 0) is 59.3 Å². The van der Waals surface area contributed by atoms with Crippen LogP contribution >= 0.6 is 23.2 Å². The van der Waals surface area contributed by atoms with Crippen molar-refractivity contribution >= 4 is 104 Å². The molecule has 0 amide bonds. The fraction of sp³-hybridized carbons (Fsp3) is 0.280. The van der Waals surface area contributed by atoms with Crippen LogP contribution < -0.4 is 85.1 Å². The van der Waals surface area contributed by atoms with Gasteiger partial charge in [0, 0.05) is 91.7 Å². The van der Waals surface area contributed by atoms with Crippen LogP contribution in [0.25, 0.3) is 0 Å². The number of phenolic OH excluding ortho intramolecular Hbond substituents is 3. The Morgan fingerprint density at radius 3 is 0.645 bits per heavy atom. The van der Waals surface area contributed by atoms with Crippen LogP contribution in [0.15, 0.2) is 269 Å². The SMILES string of the molecule is C=CC(=O)Cl.C=CC(=O)OCCOc1ccc(C(C)(c2ccc(OCCOC(=O)C=C)cc2)c2ccc(OCCOC(=O)C=C)cc2)cc1.CC(c1ccc(O)cc1)(c1ccc(O)cc1)c1ccc(O)cc1.CC(c1ccc(OCCO)cc1)(c1ccc(OCCO)cc1)c1ccc(OCCO)cc1.CCN(CC)CC.O=CO[O-].OCCCl.[K+].[K]. The molecule has 9 aromatic rings. The molecule has 0 aromatic heterocycles. The van der Waals surface area contributed by atoms with Crippen molar-refractivity contribution in [2.24, 2.45) is 0 Å². The maximum Gasteiger partial charge on any atom is 1.00 e. The first kappa shape index (κ1) is 110. The fourth-order valence-electron chi connectivity index (χ4n) is 11.4. The van der Waals surface area contributed by atoms with E-state index < -0.39 is 39.4 Å². The molecule has 0 unspecified atom stereocenters. The number of nitrogens with zero attached hydrogens (tertiary/aromatic N) is 1. The van der Waals surface area contributed by atoms with Gasteiger partial charge >= 0.3 is 69.3 Å². The molecule has 0 aliphatic carbocycles. The van der Waals surface area contributed by atoms with Crippen LogP contribution in [0.5, 0.6) is 51.7 Å². The van der Waals surface area contributed by atoms with E-state index in [0.29, 0.717) is 40.4 Å². The Morgan fingerprint density at radius 2 is 0.521 bits per heavy atom. The van der Waals surface area contributed by atoms with Gasteiger partial charge in [-0.3, -0.25) is 9.59 Å². The van der Waals surface area contributed by atoms with E-state index >= 15 is 0 Å². The fourth-order valence-corrected chi connectivity index (χ4v) is 11.4. The molecule has 24 nitrogen and oxygen atoms in total. The molecule has 0 saturated heterocycles. The molecule has 0 saturated carbocycles. The van der Waals surface area contributed by atoms with Crippen LogP contribution in [-0.4, -0.2) is 233 Å². The summed E-state index contributed by atoms with van der Waals surface area (Å²) in [7, 11) is 0. The molecule has 0 bridgehead atoms. The van der Waals surface area contributed by atoms with E-state index in [-0.39, 0.29) is 212 Å². The summed E-state index contributed by atoms with van der Waals surface area (Å²) in [6.07, 6.45) is 4.36. The Bertz CT molecular complexity index is 3970. The molecule has 1 radical (unpaired) electrons. The van der Waals surface area contributed by atoms with Crippen molar-refractivity contribution in [1.29, 1.82) is 0 Å². The molecule has 0 fully saturated rings. The Kier molecular flexibility index (Phi) is 57.7. The van der Waals surface area contributed by atoms with Gasteiger partial charge in [0.05, 0.1) is 26.4 Å². The third-order valence-corrected chi connectivity index (χ3v) is 18.2. The molecule has 0 aliphatic heterocycles. The minimum absolute atomic E-state index is 0. The second-order valence-electron chi connectivity index (χ2n) is 25.3. The summed E-state index contributed by atoms with van der Waals surface area (Å²) >= 11 is 9.64. The Labute approximate surface area is 804 Å². The van der Waals surface area contributed by atoms with Gasteiger partial charge < -0.3 is 93.4 Å². The Hall–Kier alpha value is -8.70.